The molecule has 0 aliphatic carbocycles. The molecule has 0 bridgehead atoms. The van der Waals surface area contributed by atoms with Crippen molar-refractivity contribution >= 4 is 11.8 Å². The number of nitrogens with zero attached hydrogens (tertiary/aromatic N) is 2. The summed E-state index contributed by atoms with van der Waals surface area (Å²) in [6, 6.07) is 25.0. The molecule has 0 radical (unpaired) electrons. The van der Waals surface area contributed by atoms with Gasteiger partial charge in [0.1, 0.15) is 6.61 Å². The van der Waals surface area contributed by atoms with Gasteiger partial charge in [0.2, 0.25) is 0 Å². The van der Waals surface area contributed by atoms with E-state index in [0.29, 0.717) is 24.3 Å². The van der Waals surface area contributed by atoms with Gasteiger partial charge in [-0.3, -0.25) is 19.4 Å². The second-order valence-electron chi connectivity index (χ2n) is 8.28. The molecule has 6 heteroatoms. The van der Waals surface area contributed by atoms with E-state index in [9.17, 15) is 9.59 Å². The summed E-state index contributed by atoms with van der Waals surface area (Å²) in [5, 5.41) is 0. The summed E-state index contributed by atoms with van der Waals surface area (Å²) in [5.41, 5.74) is 2.25. The molecule has 0 N–H and O–H groups in total. The number of imide groups is 1. The van der Waals surface area contributed by atoms with E-state index in [1.54, 1.807) is 31.4 Å². The maximum absolute atomic E-state index is 12.6. The number of para-hydroxylation sites is 2. The van der Waals surface area contributed by atoms with Crippen molar-refractivity contribution in [2.45, 2.75) is 19.4 Å². The first kappa shape index (κ1) is 23.5. The molecule has 0 saturated heterocycles. The SMILES string of the molecule is COc1ccccc1OCCN(CCCCN1C(=O)c2ccccc2C1=O)Cc1ccccc1. The van der Waals surface area contributed by atoms with E-state index in [1.165, 1.54) is 10.5 Å². The Balaban J connectivity index is 1.30. The molecule has 0 unspecified atom stereocenters. The van der Waals surface area contributed by atoms with Crippen molar-refractivity contribution in [2.75, 3.05) is 33.4 Å². The van der Waals surface area contributed by atoms with Crippen molar-refractivity contribution in [1.82, 2.24) is 9.80 Å². The topological polar surface area (TPSA) is 59.1 Å². The van der Waals surface area contributed by atoms with Crippen LogP contribution in [0.4, 0.5) is 0 Å². The zero-order chi connectivity index (χ0) is 23.8. The van der Waals surface area contributed by atoms with E-state index in [4.69, 9.17) is 9.47 Å². The molecule has 176 valence electrons. The number of fused-ring (bicyclic) bond motifs is 1. The summed E-state index contributed by atoms with van der Waals surface area (Å²) in [6.07, 6.45) is 1.62. The van der Waals surface area contributed by atoms with Crippen molar-refractivity contribution in [3.63, 3.8) is 0 Å². The normalized spacial score (nSPS) is 12.8. The Bertz CT molecular complexity index is 1080. The van der Waals surface area contributed by atoms with Crippen molar-refractivity contribution in [2.24, 2.45) is 0 Å². The van der Waals surface area contributed by atoms with Crippen LogP contribution in [0.3, 0.4) is 0 Å². The Morgan fingerprint density at radius 3 is 2.03 bits per heavy atom. The Kier molecular flexibility index (Phi) is 7.94. The first-order valence-electron chi connectivity index (χ1n) is 11.6. The van der Waals surface area contributed by atoms with E-state index in [0.717, 1.165) is 44.0 Å². The van der Waals surface area contributed by atoms with Crippen LogP contribution in [0, 0.1) is 0 Å². The highest BCUT2D eigenvalue weighted by molar-refractivity contribution is 6.21. The van der Waals surface area contributed by atoms with Crippen LogP contribution < -0.4 is 9.47 Å². The van der Waals surface area contributed by atoms with Gasteiger partial charge in [0.15, 0.2) is 11.5 Å². The minimum absolute atomic E-state index is 0.188. The third kappa shape index (κ3) is 5.64. The fourth-order valence-corrected chi connectivity index (χ4v) is 4.18. The molecule has 6 nitrogen and oxygen atoms in total. The number of unbranched alkanes of at least 4 members (excludes halogenated alkanes) is 1. The lowest BCUT2D eigenvalue weighted by Crippen LogP contribution is -2.32. The lowest BCUT2D eigenvalue weighted by Gasteiger charge is -2.23. The van der Waals surface area contributed by atoms with Crippen molar-refractivity contribution < 1.29 is 19.1 Å². The van der Waals surface area contributed by atoms with Crippen LogP contribution in [0.5, 0.6) is 11.5 Å². The monoisotopic (exact) mass is 458 g/mol. The fraction of sp³-hybridized carbons (Fsp3) is 0.286. The van der Waals surface area contributed by atoms with Gasteiger partial charge in [0, 0.05) is 19.6 Å². The largest absolute Gasteiger partial charge is 0.493 e. The molecule has 34 heavy (non-hydrogen) atoms. The van der Waals surface area contributed by atoms with Crippen molar-refractivity contribution in [3.05, 3.63) is 95.6 Å². The predicted octanol–water partition coefficient (Wildman–Crippen LogP) is 4.65. The summed E-state index contributed by atoms with van der Waals surface area (Å²) in [5.74, 6) is 1.08. The number of hydrogen-bond donors (Lipinski definition) is 0. The van der Waals surface area contributed by atoms with Crippen molar-refractivity contribution in [3.8, 4) is 11.5 Å². The van der Waals surface area contributed by atoms with Crippen LogP contribution in [0.2, 0.25) is 0 Å². The molecule has 0 spiro atoms. The van der Waals surface area contributed by atoms with Gasteiger partial charge < -0.3 is 9.47 Å². The number of carbonyl (C=O) groups is 2. The first-order valence-corrected chi connectivity index (χ1v) is 11.6. The second kappa shape index (κ2) is 11.5. The smallest absolute Gasteiger partial charge is 0.261 e. The number of methoxy groups -OCH3 is 1. The Hall–Kier alpha value is -3.64. The van der Waals surface area contributed by atoms with E-state index >= 15 is 0 Å². The molecular formula is C28H30N2O4. The molecule has 0 aromatic heterocycles. The summed E-state index contributed by atoms with van der Waals surface area (Å²) >= 11 is 0. The van der Waals surface area contributed by atoms with Gasteiger partial charge in [-0.2, -0.15) is 0 Å². The maximum atomic E-state index is 12.6. The van der Waals surface area contributed by atoms with Gasteiger partial charge >= 0.3 is 0 Å². The van der Waals surface area contributed by atoms with Gasteiger partial charge in [-0.25, -0.2) is 0 Å². The molecule has 1 aliphatic heterocycles. The minimum atomic E-state index is -0.188. The highest BCUT2D eigenvalue weighted by atomic mass is 16.5. The van der Waals surface area contributed by atoms with E-state index in [-0.39, 0.29) is 11.8 Å². The van der Waals surface area contributed by atoms with E-state index in [2.05, 4.69) is 17.0 Å². The Labute approximate surface area is 200 Å². The van der Waals surface area contributed by atoms with Gasteiger partial charge in [-0.1, -0.05) is 54.6 Å². The highest BCUT2D eigenvalue weighted by Crippen LogP contribution is 2.26. The quantitative estimate of drug-likeness (QED) is 0.292. The van der Waals surface area contributed by atoms with Crippen LogP contribution in [0.1, 0.15) is 39.1 Å². The average Bonchev–Trinajstić information content (AvgIpc) is 3.12. The Morgan fingerprint density at radius 2 is 1.35 bits per heavy atom. The summed E-state index contributed by atoms with van der Waals surface area (Å²) < 4.78 is 11.4. The molecule has 4 rings (SSSR count). The number of benzene rings is 3. The maximum Gasteiger partial charge on any atom is 0.261 e. The van der Waals surface area contributed by atoms with Crippen LogP contribution in [-0.4, -0.2) is 55.0 Å². The van der Waals surface area contributed by atoms with E-state index < -0.39 is 0 Å². The average molecular weight is 459 g/mol. The molecule has 1 heterocycles. The first-order chi connectivity index (χ1) is 16.7. The second-order valence-corrected chi connectivity index (χ2v) is 8.28. The third-order valence-corrected chi connectivity index (χ3v) is 5.97. The molecule has 0 atom stereocenters. The zero-order valence-electron chi connectivity index (χ0n) is 19.5. The summed E-state index contributed by atoms with van der Waals surface area (Å²) in [4.78, 5) is 28.9. The van der Waals surface area contributed by atoms with Crippen LogP contribution in [0.15, 0.2) is 78.9 Å². The number of rotatable bonds is 12. The van der Waals surface area contributed by atoms with E-state index in [1.807, 2.05) is 42.5 Å². The predicted molar refractivity (Wildman–Crippen MR) is 131 cm³/mol. The van der Waals surface area contributed by atoms with Gasteiger partial charge in [-0.05, 0) is 49.2 Å². The van der Waals surface area contributed by atoms with Crippen LogP contribution >= 0.6 is 0 Å². The van der Waals surface area contributed by atoms with Gasteiger partial charge in [0.05, 0.1) is 18.2 Å². The number of hydrogen-bond acceptors (Lipinski definition) is 5. The third-order valence-electron chi connectivity index (χ3n) is 5.97. The molecule has 0 fully saturated rings. The lowest BCUT2D eigenvalue weighted by atomic mass is 10.1. The minimum Gasteiger partial charge on any atom is -0.493 e. The summed E-state index contributed by atoms with van der Waals surface area (Å²) in [6.45, 7) is 3.37. The molecule has 3 aromatic rings. The van der Waals surface area contributed by atoms with Gasteiger partial charge in [0.25, 0.3) is 11.8 Å². The Morgan fingerprint density at radius 1 is 0.735 bits per heavy atom. The molecule has 2 amide bonds. The number of carbonyl (C=O) groups excluding carboxylic acids is 2. The fourth-order valence-electron chi connectivity index (χ4n) is 4.18. The molecule has 3 aromatic carbocycles. The van der Waals surface area contributed by atoms with Crippen LogP contribution in [0.25, 0.3) is 0 Å². The zero-order valence-corrected chi connectivity index (χ0v) is 19.5. The molecular weight excluding hydrogens is 428 g/mol. The standard InChI is InChI=1S/C28H30N2O4/c1-33-25-15-7-8-16-26(25)34-20-19-29(21-22-11-3-2-4-12-22)17-9-10-18-30-27(31)23-13-5-6-14-24(23)28(30)32/h2-8,11-16H,9-10,17-21H2,1H3. The van der Waals surface area contributed by atoms with Crippen LogP contribution in [-0.2, 0) is 6.54 Å². The summed E-state index contributed by atoms with van der Waals surface area (Å²) in [7, 11) is 1.64. The highest BCUT2D eigenvalue weighted by Gasteiger charge is 2.34. The number of amides is 2. The van der Waals surface area contributed by atoms with Crippen molar-refractivity contribution in [1.29, 1.82) is 0 Å². The number of ether oxygens (including phenoxy) is 2. The molecule has 0 saturated carbocycles. The van der Waals surface area contributed by atoms with Gasteiger partial charge in [-0.15, -0.1) is 0 Å². The lowest BCUT2D eigenvalue weighted by molar-refractivity contribution is 0.0650. The molecule has 1 aliphatic rings.